The molecule has 1 atom stereocenters. The second kappa shape index (κ2) is 54.6. The third kappa shape index (κ3) is 51.8. The van der Waals surface area contributed by atoms with Gasteiger partial charge in [-0.2, -0.15) is 0 Å². The largest absolute Gasteiger partial charge is 0.379 e. The molecule has 0 saturated carbocycles. The second-order valence-corrected chi connectivity index (χ2v) is 18.5. The van der Waals surface area contributed by atoms with Crippen molar-refractivity contribution in [1.82, 2.24) is 0 Å². The predicted molar refractivity (Wildman–Crippen MR) is 261 cm³/mol. The molecular formula is C55H110O3. The summed E-state index contributed by atoms with van der Waals surface area (Å²) in [7, 11) is 0. The molecule has 0 radical (unpaired) electrons. The third-order valence-electron chi connectivity index (χ3n) is 12.4. The van der Waals surface area contributed by atoms with Gasteiger partial charge < -0.3 is 14.2 Å². The van der Waals surface area contributed by atoms with Crippen LogP contribution in [0.5, 0.6) is 0 Å². The van der Waals surface area contributed by atoms with Crippen LogP contribution in [0.3, 0.4) is 0 Å². The number of ether oxygens (including phenoxy) is 3. The fourth-order valence-corrected chi connectivity index (χ4v) is 8.32. The van der Waals surface area contributed by atoms with E-state index in [0.717, 1.165) is 26.2 Å². The number of rotatable bonds is 53. The molecule has 0 heterocycles. The molecule has 0 aromatic carbocycles. The molecule has 0 saturated heterocycles. The van der Waals surface area contributed by atoms with Gasteiger partial charge in [0.2, 0.25) is 0 Å². The maximum atomic E-state index is 6.36. The van der Waals surface area contributed by atoms with E-state index < -0.39 is 0 Å². The highest BCUT2D eigenvalue weighted by Gasteiger charge is 2.10. The van der Waals surface area contributed by atoms with Gasteiger partial charge in [0.1, 0.15) is 6.10 Å². The lowest BCUT2D eigenvalue weighted by molar-refractivity contribution is -0.0616. The molecule has 0 fully saturated rings. The lowest BCUT2D eigenvalue weighted by atomic mass is 10.0. The van der Waals surface area contributed by atoms with Crippen LogP contribution in [0.25, 0.3) is 0 Å². The Balaban J connectivity index is 3.98. The minimum Gasteiger partial charge on any atom is -0.379 e. The summed E-state index contributed by atoms with van der Waals surface area (Å²) in [6.07, 6.45) is 65.8. The summed E-state index contributed by atoms with van der Waals surface area (Å²) in [4.78, 5) is 0. The highest BCUT2D eigenvalue weighted by molar-refractivity contribution is 4.81. The molecule has 0 aromatic rings. The highest BCUT2D eigenvalue weighted by Crippen LogP contribution is 2.16. The molecule has 3 nitrogen and oxygen atoms in total. The molecule has 0 aliphatic heterocycles. The van der Waals surface area contributed by atoms with Crippen molar-refractivity contribution in [2.45, 2.75) is 309 Å². The van der Waals surface area contributed by atoms with Crippen LogP contribution in [-0.2, 0) is 14.2 Å². The van der Waals surface area contributed by atoms with Gasteiger partial charge in [-0.3, -0.25) is 0 Å². The zero-order valence-corrected chi connectivity index (χ0v) is 40.6. The van der Waals surface area contributed by atoms with Gasteiger partial charge in [-0.15, -0.1) is 0 Å². The molecule has 0 aromatic heterocycles. The van der Waals surface area contributed by atoms with Crippen molar-refractivity contribution in [3.05, 3.63) is 12.2 Å². The van der Waals surface area contributed by atoms with Gasteiger partial charge in [-0.1, -0.05) is 270 Å². The third-order valence-corrected chi connectivity index (χ3v) is 12.4. The number of allylic oxidation sites excluding steroid dienone is 2. The topological polar surface area (TPSA) is 27.7 Å². The first kappa shape index (κ1) is 57.6. The predicted octanol–water partition coefficient (Wildman–Crippen LogP) is 19.2. The van der Waals surface area contributed by atoms with E-state index in [-0.39, 0.29) is 6.10 Å². The first-order chi connectivity index (χ1) is 28.8. The average molecular weight is 819 g/mol. The summed E-state index contributed by atoms with van der Waals surface area (Å²) in [5.41, 5.74) is 0. The fraction of sp³-hybridized carbons (Fsp3) is 0.964. The van der Waals surface area contributed by atoms with E-state index in [1.165, 1.54) is 276 Å². The summed E-state index contributed by atoms with van der Waals surface area (Å²) < 4.78 is 18.7. The Morgan fingerprint density at radius 2 is 0.483 bits per heavy atom. The maximum absolute atomic E-state index is 6.36. The molecule has 0 spiro atoms. The first-order valence-corrected chi connectivity index (χ1v) is 27.3. The van der Waals surface area contributed by atoms with E-state index >= 15 is 0 Å². The molecule has 0 amide bonds. The van der Waals surface area contributed by atoms with Crippen LogP contribution in [-0.4, -0.2) is 39.1 Å². The normalized spacial score (nSPS) is 12.4. The van der Waals surface area contributed by atoms with Gasteiger partial charge >= 0.3 is 0 Å². The Bertz CT molecular complexity index is 722. The van der Waals surface area contributed by atoms with Gasteiger partial charge in [0, 0.05) is 19.8 Å². The van der Waals surface area contributed by atoms with Crippen LogP contribution in [0.1, 0.15) is 303 Å². The van der Waals surface area contributed by atoms with Crippen LogP contribution >= 0.6 is 0 Å². The minimum absolute atomic E-state index is 0.0795. The quantitative estimate of drug-likeness (QED) is 0.0452. The fourth-order valence-electron chi connectivity index (χ4n) is 8.32. The average Bonchev–Trinajstić information content (AvgIpc) is 3.23. The SMILES string of the molecule is CCCCCCCCC=CCCCCCCCCOC(COCCCCCCCCCCCCCCCC)COCCCCCCCCCCCCCCCCCC. The van der Waals surface area contributed by atoms with Crippen LogP contribution in [0.15, 0.2) is 12.2 Å². The summed E-state index contributed by atoms with van der Waals surface area (Å²) >= 11 is 0. The van der Waals surface area contributed by atoms with Gasteiger partial charge in [0.25, 0.3) is 0 Å². The van der Waals surface area contributed by atoms with Gasteiger partial charge in [0.15, 0.2) is 0 Å². The molecule has 0 rings (SSSR count). The Hall–Kier alpha value is -0.380. The maximum Gasteiger partial charge on any atom is 0.104 e. The van der Waals surface area contributed by atoms with E-state index in [9.17, 15) is 0 Å². The van der Waals surface area contributed by atoms with E-state index in [1.807, 2.05) is 0 Å². The van der Waals surface area contributed by atoms with E-state index in [2.05, 4.69) is 32.9 Å². The van der Waals surface area contributed by atoms with Crippen molar-refractivity contribution < 1.29 is 14.2 Å². The van der Waals surface area contributed by atoms with Crippen molar-refractivity contribution in [1.29, 1.82) is 0 Å². The Morgan fingerprint density at radius 1 is 0.259 bits per heavy atom. The van der Waals surface area contributed by atoms with Crippen LogP contribution < -0.4 is 0 Å². The van der Waals surface area contributed by atoms with Crippen LogP contribution in [0.4, 0.5) is 0 Å². The monoisotopic (exact) mass is 819 g/mol. The van der Waals surface area contributed by atoms with E-state index in [0.29, 0.717) is 13.2 Å². The molecule has 1 unspecified atom stereocenters. The molecule has 0 aliphatic rings. The Labute approximate surface area is 367 Å². The Morgan fingerprint density at radius 3 is 0.759 bits per heavy atom. The zero-order valence-electron chi connectivity index (χ0n) is 40.6. The van der Waals surface area contributed by atoms with Crippen LogP contribution in [0, 0.1) is 0 Å². The molecular weight excluding hydrogens is 709 g/mol. The van der Waals surface area contributed by atoms with Crippen LogP contribution in [0.2, 0.25) is 0 Å². The molecule has 0 N–H and O–H groups in total. The molecule has 348 valence electrons. The minimum atomic E-state index is 0.0795. The van der Waals surface area contributed by atoms with E-state index in [1.54, 1.807) is 0 Å². The lowest BCUT2D eigenvalue weighted by Crippen LogP contribution is -2.26. The lowest BCUT2D eigenvalue weighted by Gasteiger charge is -2.18. The number of unbranched alkanes of at least 4 members (excludes halogenated alkanes) is 40. The standard InChI is InChI=1S/C55H110O3/c1-4-7-10-13-16-19-22-25-28-30-33-36-39-42-45-48-51-57-54-55(53-56-50-47-44-41-38-35-32-27-24-21-18-15-12-9-6-3)58-52-49-46-43-40-37-34-31-29-26-23-20-17-14-11-8-5-2/h26,29,55H,4-25,27-28,30-54H2,1-3H3. The highest BCUT2D eigenvalue weighted by atomic mass is 16.6. The van der Waals surface area contributed by atoms with Gasteiger partial charge in [0.05, 0.1) is 13.2 Å². The van der Waals surface area contributed by atoms with Gasteiger partial charge in [-0.25, -0.2) is 0 Å². The number of hydrogen-bond donors (Lipinski definition) is 0. The second-order valence-electron chi connectivity index (χ2n) is 18.5. The summed E-state index contributed by atoms with van der Waals surface area (Å²) in [5, 5.41) is 0. The molecule has 0 bridgehead atoms. The van der Waals surface area contributed by atoms with Crippen molar-refractivity contribution in [3.8, 4) is 0 Å². The summed E-state index contributed by atoms with van der Waals surface area (Å²) in [6.45, 7) is 10.9. The van der Waals surface area contributed by atoms with Crippen molar-refractivity contribution in [2.24, 2.45) is 0 Å². The molecule has 58 heavy (non-hydrogen) atoms. The first-order valence-electron chi connectivity index (χ1n) is 27.3. The molecule has 0 aliphatic carbocycles. The van der Waals surface area contributed by atoms with Gasteiger partial charge in [-0.05, 0) is 44.9 Å². The summed E-state index contributed by atoms with van der Waals surface area (Å²) in [6, 6.07) is 0. The van der Waals surface area contributed by atoms with Crippen molar-refractivity contribution >= 4 is 0 Å². The zero-order chi connectivity index (χ0) is 41.8. The van der Waals surface area contributed by atoms with Crippen molar-refractivity contribution in [3.63, 3.8) is 0 Å². The van der Waals surface area contributed by atoms with Crippen molar-refractivity contribution in [2.75, 3.05) is 33.0 Å². The molecule has 3 heteroatoms. The number of hydrogen-bond acceptors (Lipinski definition) is 3. The van der Waals surface area contributed by atoms with E-state index in [4.69, 9.17) is 14.2 Å². The summed E-state index contributed by atoms with van der Waals surface area (Å²) in [5.74, 6) is 0. The Kier molecular flexibility index (Phi) is 54.3. The smallest absolute Gasteiger partial charge is 0.104 e.